The maximum atomic E-state index is 11.7. The Hall–Kier alpha value is -1.59. The number of amides is 1. The number of ether oxygens (including phenoxy) is 2. The van der Waals surface area contributed by atoms with Gasteiger partial charge in [0.15, 0.2) is 0 Å². The van der Waals surface area contributed by atoms with Crippen LogP contribution in [0.5, 0.6) is 0 Å². The quantitative estimate of drug-likeness (QED) is 0.725. The van der Waals surface area contributed by atoms with E-state index < -0.39 is 23.6 Å². The molecule has 0 unspecified atom stereocenters. The van der Waals surface area contributed by atoms with E-state index in [1.165, 1.54) is 7.11 Å². The minimum absolute atomic E-state index is 0.0407. The maximum Gasteiger partial charge on any atom is 0.328 e. The topological polar surface area (TPSA) is 81.7 Å². The van der Waals surface area contributed by atoms with Crippen molar-refractivity contribution in [1.29, 1.82) is 0 Å². The summed E-state index contributed by atoms with van der Waals surface area (Å²) in [5.41, 5.74) is -0.571. The Labute approximate surface area is 126 Å². The molecule has 0 heterocycles. The average molecular weight is 301 g/mol. The lowest BCUT2D eigenvalue weighted by Gasteiger charge is -2.21. The van der Waals surface area contributed by atoms with E-state index in [0.717, 1.165) is 0 Å². The first-order valence-corrected chi connectivity index (χ1v) is 7.14. The van der Waals surface area contributed by atoms with Crippen molar-refractivity contribution >= 4 is 17.8 Å². The van der Waals surface area contributed by atoms with Gasteiger partial charge >= 0.3 is 11.9 Å². The molecule has 1 atom stereocenters. The summed E-state index contributed by atoms with van der Waals surface area (Å²) in [6.45, 7) is 9.13. The average Bonchev–Trinajstić information content (AvgIpc) is 2.30. The van der Waals surface area contributed by atoms with Gasteiger partial charge in [0.2, 0.25) is 5.91 Å². The number of carbonyl (C=O) groups excluding carboxylic acids is 3. The maximum absolute atomic E-state index is 11.7. The fourth-order valence-corrected chi connectivity index (χ4v) is 1.67. The predicted molar refractivity (Wildman–Crippen MR) is 78.5 cm³/mol. The van der Waals surface area contributed by atoms with Crippen molar-refractivity contribution in [1.82, 2.24) is 5.32 Å². The zero-order valence-corrected chi connectivity index (χ0v) is 13.8. The molecule has 1 amide bonds. The fraction of sp³-hybridized carbons (Fsp3) is 0.800. The van der Waals surface area contributed by atoms with E-state index in [0.29, 0.717) is 6.42 Å². The molecule has 0 aliphatic carbocycles. The van der Waals surface area contributed by atoms with Gasteiger partial charge in [-0.15, -0.1) is 0 Å². The monoisotopic (exact) mass is 301 g/mol. The first-order valence-electron chi connectivity index (χ1n) is 7.14. The van der Waals surface area contributed by atoms with Gasteiger partial charge in [-0.05, 0) is 33.1 Å². The third kappa shape index (κ3) is 9.87. The van der Waals surface area contributed by atoms with E-state index in [4.69, 9.17) is 4.74 Å². The molecule has 6 heteroatoms. The van der Waals surface area contributed by atoms with Crippen LogP contribution in [0.2, 0.25) is 0 Å². The fourth-order valence-electron chi connectivity index (χ4n) is 1.67. The number of esters is 2. The lowest BCUT2D eigenvalue weighted by atomic mass is 10.1. The minimum atomic E-state index is -0.825. The number of hydrogen-bond acceptors (Lipinski definition) is 5. The second-order valence-corrected chi connectivity index (χ2v) is 6.37. The summed E-state index contributed by atoms with van der Waals surface area (Å²) in [6.07, 6.45) is 0.518. The van der Waals surface area contributed by atoms with Gasteiger partial charge in [0.25, 0.3) is 0 Å². The molecule has 21 heavy (non-hydrogen) atoms. The van der Waals surface area contributed by atoms with E-state index in [9.17, 15) is 14.4 Å². The second-order valence-electron chi connectivity index (χ2n) is 6.37. The largest absolute Gasteiger partial charge is 0.467 e. The molecule has 0 spiro atoms. The number of nitrogens with one attached hydrogen (secondary N) is 1. The van der Waals surface area contributed by atoms with Crippen LogP contribution in [-0.4, -0.2) is 36.6 Å². The number of methoxy groups -OCH3 is 1. The van der Waals surface area contributed by atoms with Crippen molar-refractivity contribution in [2.45, 2.75) is 65.5 Å². The van der Waals surface area contributed by atoms with Crippen LogP contribution in [0, 0.1) is 5.92 Å². The minimum Gasteiger partial charge on any atom is -0.467 e. The van der Waals surface area contributed by atoms with Crippen LogP contribution in [0.15, 0.2) is 0 Å². The zero-order chi connectivity index (χ0) is 16.6. The van der Waals surface area contributed by atoms with Crippen LogP contribution >= 0.6 is 0 Å². The molecule has 0 aromatic carbocycles. The standard InChI is InChI=1S/C15H27NO5/c1-10(2)9-12(17)16-11(14(19)20-6)7-8-13(18)21-15(3,4)5/h10-11H,7-9H2,1-6H3,(H,16,17)/t11-/m1/s1. The third-order valence-corrected chi connectivity index (χ3v) is 2.47. The number of carbonyl (C=O) groups is 3. The lowest BCUT2D eigenvalue weighted by molar-refractivity contribution is -0.155. The van der Waals surface area contributed by atoms with Gasteiger partial charge in [-0.25, -0.2) is 4.79 Å². The molecule has 6 nitrogen and oxygen atoms in total. The summed E-state index contributed by atoms with van der Waals surface area (Å²) in [5.74, 6) is -1.01. The molecule has 1 N–H and O–H groups in total. The SMILES string of the molecule is COC(=O)[C@@H](CCC(=O)OC(C)(C)C)NC(=O)CC(C)C. The van der Waals surface area contributed by atoms with E-state index in [2.05, 4.69) is 10.1 Å². The van der Waals surface area contributed by atoms with Crippen molar-refractivity contribution in [3.05, 3.63) is 0 Å². The van der Waals surface area contributed by atoms with Gasteiger partial charge in [-0.2, -0.15) is 0 Å². The Morgan fingerprint density at radius 2 is 1.71 bits per heavy atom. The molecule has 0 aliphatic heterocycles. The van der Waals surface area contributed by atoms with Gasteiger partial charge in [-0.3, -0.25) is 9.59 Å². The highest BCUT2D eigenvalue weighted by Crippen LogP contribution is 2.11. The normalized spacial score (nSPS) is 12.7. The van der Waals surface area contributed by atoms with Crippen molar-refractivity contribution in [2.75, 3.05) is 7.11 Å². The summed E-state index contributed by atoms with van der Waals surface area (Å²) in [4.78, 5) is 35.0. The summed E-state index contributed by atoms with van der Waals surface area (Å²) in [7, 11) is 1.25. The number of rotatable bonds is 7. The Bertz CT molecular complexity index is 371. The highest BCUT2D eigenvalue weighted by Gasteiger charge is 2.24. The van der Waals surface area contributed by atoms with Crippen LogP contribution in [0.25, 0.3) is 0 Å². The number of hydrogen-bond donors (Lipinski definition) is 1. The Morgan fingerprint density at radius 3 is 2.14 bits per heavy atom. The first-order chi connectivity index (χ1) is 9.55. The predicted octanol–water partition coefficient (Wildman–Crippen LogP) is 1.81. The molecule has 0 saturated carbocycles. The smallest absolute Gasteiger partial charge is 0.328 e. The molecular weight excluding hydrogens is 274 g/mol. The van der Waals surface area contributed by atoms with Gasteiger partial charge in [0.05, 0.1) is 7.11 Å². The molecule has 0 aromatic rings. The second kappa shape index (κ2) is 8.64. The van der Waals surface area contributed by atoms with Gasteiger partial charge in [0.1, 0.15) is 11.6 Å². The molecule has 0 bridgehead atoms. The van der Waals surface area contributed by atoms with Crippen molar-refractivity contribution in [3.8, 4) is 0 Å². The van der Waals surface area contributed by atoms with Crippen molar-refractivity contribution in [2.24, 2.45) is 5.92 Å². The molecule has 0 aromatic heterocycles. The van der Waals surface area contributed by atoms with Crippen molar-refractivity contribution in [3.63, 3.8) is 0 Å². The third-order valence-electron chi connectivity index (χ3n) is 2.47. The molecule has 0 radical (unpaired) electrons. The zero-order valence-electron chi connectivity index (χ0n) is 13.8. The highest BCUT2D eigenvalue weighted by atomic mass is 16.6. The molecule has 0 fully saturated rings. The lowest BCUT2D eigenvalue weighted by Crippen LogP contribution is -2.42. The van der Waals surface area contributed by atoms with E-state index in [1.54, 1.807) is 20.8 Å². The van der Waals surface area contributed by atoms with Gasteiger partial charge < -0.3 is 14.8 Å². The Balaban J connectivity index is 4.47. The van der Waals surface area contributed by atoms with Crippen molar-refractivity contribution < 1.29 is 23.9 Å². The van der Waals surface area contributed by atoms with Crippen LogP contribution < -0.4 is 5.32 Å². The first kappa shape index (κ1) is 19.4. The molecule has 0 aliphatic rings. The summed E-state index contributed by atoms with van der Waals surface area (Å²) in [5, 5.41) is 2.60. The Kier molecular flexibility index (Phi) is 7.99. The highest BCUT2D eigenvalue weighted by molar-refractivity contribution is 5.85. The van der Waals surface area contributed by atoms with E-state index in [-0.39, 0.29) is 24.7 Å². The summed E-state index contributed by atoms with van der Waals surface area (Å²) < 4.78 is 9.81. The summed E-state index contributed by atoms with van der Waals surface area (Å²) >= 11 is 0. The summed E-state index contributed by atoms with van der Waals surface area (Å²) in [6, 6.07) is -0.825. The van der Waals surface area contributed by atoms with Gasteiger partial charge in [0, 0.05) is 12.8 Å². The Morgan fingerprint density at radius 1 is 1.14 bits per heavy atom. The van der Waals surface area contributed by atoms with E-state index >= 15 is 0 Å². The molecule has 0 rings (SSSR count). The molecular formula is C15H27NO5. The van der Waals surface area contributed by atoms with Gasteiger partial charge in [-0.1, -0.05) is 13.8 Å². The van der Waals surface area contributed by atoms with E-state index in [1.807, 2.05) is 13.8 Å². The van der Waals surface area contributed by atoms with Crippen LogP contribution in [0.1, 0.15) is 53.9 Å². The van der Waals surface area contributed by atoms with Crippen LogP contribution in [-0.2, 0) is 23.9 Å². The van der Waals surface area contributed by atoms with Crippen LogP contribution in [0.4, 0.5) is 0 Å². The molecule has 0 saturated heterocycles. The molecule has 122 valence electrons. The van der Waals surface area contributed by atoms with Crippen LogP contribution in [0.3, 0.4) is 0 Å².